The van der Waals surface area contributed by atoms with Gasteiger partial charge in [0, 0.05) is 15.6 Å². The number of rotatable bonds is 5. The minimum atomic E-state index is -0.613. The highest BCUT2D eigenvalue weighted by atomic mass is 35.5. The molecule has 0 fully saturated rings. The molecule has 2 N–H and O–H groups in total. The van der Waals surface area contributed by atoms with Crippen molar-refractivity contribution < 1.29 is 19.1 Å². The van der Waals surface area contributed by atoms with Crippen molar-refractivity contribution in [2.45, 2.75) is 16.6 Å². The molecule has 2 aromatic carbocycles. The number of hydrogen-bond donors (Lipinski definition) is 2. The number of fused-ring (bicyclic) bond motifs is 1. The molecular weight excluding hydrogens is 376 g/mol. The Balaban J connectivity index is 1.48. The topological polar surface area (TPSA) is 84.5 Å². The Hall–Kier alpha value is -2.51. The van der Waals surface area contributed by atoms with Gasteiger partial charge in [0.1, 0.15) is 0 Å². The molecule has 0 saturated carbocycles. The Morgan fingerprint density at radius 1 is 1.19 bits per heavy atom. The molecule has 1 heterocycles. The minimum absolute atomic E-state index is 0.116. The average molecular weight is 391 g/mol. The Labute approximate surface area is 159 Å². The first-order valence-corrected chi connectivity index (χ1v) is 9.04. The van der Waals surface area contributed by atoms with Crippen molar-refractivity contribution in [2.75, 3.05) is 17.2 Å². The summed E-state index contributed by atoms with van der Waals surface area (Å²) in [5.74, 6) is -1.35. The quantitative estimate of drug-likeness (QED) is 0.765. The molecular formula is C18H15ClN2O4S. The van der Waals surface area contributed by atoms with Crippen LogP contribution in [0.1, 0.15) is 6.42 Å². The lowest BCUT2D eigenvalue weighted by atomic mass is 10.2. The number of amides is 2. The van der Waals surface area contributed by atoms with Crippen LogP contribution in [0.2, 0.25) is 5.02 Å². The summed E-state index contributed by atoms with van der Waals surface area (Å²) in [6.07, 6.45) is -0.116. The normalized spacial score (nSPS) is 15.6. The molecule has 0 radical (unpaired) electrons. The number of carbonyl (C=O) groups excluding carboxylic acids is 3. The van der Waals surface area contributed by atoms with Crippen molar-refractivity contribution in [3.8, 4) is 0 Å². The summed E-state index contributed by atoms with van der Waals surface area (Å²) >= 11 is 7.14. The average Bonchev–Trinajstić information content (AvgIpc) is 2.61. The van der Waals surface area contributed by atoms with Gasteiger partial charge in [0.05, 0.1) is 17.4 Å². The molecule has 8 heteroatoms. The molecule has 1 aliphatic heterocycles. The molecule has 0 aliphatic carbocycles. The maximum Gasteiger partial charge on any atom is 0.307 e. The second-order valence-electron chi connectivity index (χ2n) is 5.52. The van der Waals surface area contributed by atoms with Gasteiger partial charge in [-0.3, -0.25) is 14.4 Å². The molecule has 0 unspecified atom stereocenters. The highest BCUT2D eigenvalue weighted by Gasteiger charge is 2.29. The standard InChI is InChI=1S/C18H15ClN2O4S/c19-11-4-3-5-12(8-11)20-16(22)10-25-17(23)9-15-18(24)21-13-6-1-2-7-14(13)26-15/h1-8,15H,9-10H2,(H,20,22)(H,21,24)/t15-/m0/s1. The molecule has 0 bridgehead atoms. The number of thioether (sulfide) groups is 1. The van der Waals surface area contributed by atoms with Crippen molar-refractivity contribution in [2.24, 2.45) is 0 Å². The zero-order valence-electron chi connectivity index (χ0n) is 13.5. The van der Waals surface area contributed by atoms with Crippen molar-refractivity contribution >= 4 is 52.5 Å². The third-order valence-corrected chi connectivity index (χ3v) is 5.04. The summed E-state index contributed by atoms with van der Waals surface area (Å²) in [7, 11) is 0. The van der Waals surface area contributed by atoms with Crippen LogP contribution in [0.25, 0.3) is 0 Å². The van der Waals surface area contributed by atoms with E-state index in [1.807, 2.05) is 18.2 Å². The molecule has 0 saturated heterocycles. The van der Waals surface area contributed by atoms with E-state index in [1.54, 1.807) is 30.3 Å². The van der Waals surface area contributed by atoms with E-state index in [0.29, 0.717) is 10.7 Å². The number of benzene rings is 2. The van der Waals surface area contributed by atoms with Gasteiger partial charge in [0.2, 0.25) is 5.91 Å². The Bertz CT molecular complexity index is 859. The van der Waals surface area contributed by atoms with Crippen LogP contribution in [0.3, 0.4) is 0 Å². The van der Waals surface area contributed by atoms with Crippen LogP contribution in [0.15, 0.2) is 53.4 Å². The Morgan fingerprint density at radius 3 is 2.81 bits per heavy atom. The van der Waals surface area contributed by atoms with Crippen LogP contribution in [0, 0.1) is 0 Å². The maximum absolute atomic E-state index is 12.1. The molecule has 1 atom stereocenters. The number of ether oxygens (including phenoxy) is 1. The molecule has 3 rings (SSSR count). The SMILES string of the molecule is O=C(COC(=O)C[C@@H]1Sc2ccccc2NC1=O)Nc1cccc(Cl)c1. The van der Waals surface area contributed by atoms with Crippen LogP contribution < -0.4 is 10.6 Å². The lowest BCUT2D eigenvalue weighted by Gasteiger charge is -2.23. The van der Waals surface area contributed by atoms with Gasteiger partial charge in [-0.15, -0.1) is 11.8 Å². The maximum atomic E-state index is 12.1. The van der Waals surface area contributed by atoms with E-state index in [1.165, 1.54) is 11.8 Å². The molecule has 0 aromatic heterocycles. The Morgan fingerprint density at radius 2 is 2.00 bits per heavy atom. The van der Waals surface area contributed by atoms with Crippen LogP contribution in [0.5, 0.6) is 0 Å². The predicted octanol–water partition coefficient (Wildman–Crippen LogP) is 3.32. The van der Waals surface area contributed by atoms with Gasteiger partial charge in [0.15, 0.2) is 6.61 Å². The highest BCUT2D eigenvalue weighted by molar-refractivity contribution is 8.01. The molecule has 0 spiro atoms. The zero-order valence-corrected chi connectivity index (χ0v) is 15.1. The summed E-state index contributed by atoms with van der Waals surface area (Å²) in [5, 5.41) is 5.23. The van der Waals surface area contributed by atoms with Gasteiger partial charge in [-0.25, -0.2) is 0 Å². The second-order valence-corrected chi connectivity index (χ2v) is 7.20. The predicted molar refractivity (Wildman–Crippen MR) is 100 cm³/mol. The van der Waals surface area contributed by atoms with E-state index < -0.39 is 23.7 Å². The monoisotopic (exact) mass is 390 g/mol. The summed E-state index contributed by atoms with van der Waals surface area (Å²) in [5.41, 5.74) is 1.24. The number of esters is 1. The van der Waals surface area contributed by atoms with Crippen molar-refractivity contribution in [3.05, 3.63) is 53.6 Å². The smallest absolute Gasteiger partial charge is 0.307 e. The molecule has 2 aromatic rings. The van der Waals surface area contributed by atoms with Crippen LogP contribution in [-0.2, 0) is 19.1 Å². The van der Waals surface area contributed by atoms with Gasteiger partial charge in [-0.2, -0.15) is 0 Å². The van der Waals surface area contributed by atoms with Crippen LogP contribution in [-0.4, -0.2) is 29.6 Å². The van der Waals surface area contributed by atoms with Gasteiger partial charge in [-0.05, 0) is 30.3 Å². The van der Waals surface area contributed by atoms with E-state index in [9.17, 15) is 14.4 Å². The fraction of sp³-hybridized carbons (Fsp3) is 0.167. The first-order chi connectivity index (χ1) is 12.5. The largest absolute Gasteiger partial charge is 0.456 e. The number of hydrogen-bond acceptors (Lipinski definition) is 5. The van der Waals surface area contributed by atoms with Gasteiger partial charge in [0.25, 0.3) is 5.91 Å². The number of anilines is 2. The summed E-state index contributed by atoms with van der Waals surface area (Å²) in [6, 6.07) is 14.0. The van der Waals surface area contributed by atoms with Gasteiger partial charge < -0.3 is 15.4 Å². The fourth-order valence-corrected chi connectivity index (χ4v) is 3.63. The van der Waals surface area contributed by atoms with E-state index >= 15 is 0 Å². The van der Waals surface area contributed by atoms with Crippen LogP contribution >= 0.6 is 23.4 Å². The molecule has 26 heavy (non-hydrogen) atoms. The van der Waals surface area contributed by atoms with Crippen molar-refractivity contribution in [3.63, 3.8) is 0 Å². The third kappa shape index (κ3) is 4.77. The summed E-state index contributed by atoms with van der Waals surface area (Å²) in [6.45, 7) is -0.430. The highest BCUT2D eigenvalue weighted by Crippen LogP contribution is 2.36. The van der Waals surface area contributed by atoms with Crippen molar-refractivity contribution in [1.29, 1.82) is 0 Å². The first-order valence-electron chi connectivity index (χ1n) is 7.79. The van der Waals surface area contributed by atoms with E-state index in [-0.39, 0.29) is 12.3 Å². The molecule has 1 aliphatic rings. The third-order valence-electron chi connectivity index (χ3n) is 3.53. The summed E-state index contributed by atoms with van der Waals surface area (Å²) in [4.78, 5) is 36.8. The lowest BCUT2D eigenvalue weighted by molar-refractivity contribution is -0.147. The fourth-order valence-electron chi connectivity index (χ4n) is 2.35. The Kier molecular flexibility index (Phi) is 5.80. The molecule has 134 valence electrons. The van der Waals surface area contributed by atoms with Gasteiger partial charge in [-0.1, -0.05) is 29.8 Å². The lowest BCUT2D eigenvalue weighted by Crippen LogP contribution is -2.32. The minimum Gasteiger partial charge on any atom is -0.456 e. The van der Waals surface area contributed by atoms with Gasteiger partial charge >= 0.3 is 5.97 Å². The van der Waals surface area contributed by atoms with E-state index in [2.05, 4.69) is 10.6 Å². The van der Waals surface area contributed by atoms with E-state index in [0.717, 1.165) is 10.6 Å². The number of nitrogens with one attached hydrogen (secondary N) is 2. The van der Waals surface area contributed by atoms with Crippen molar-refractivity contribution in [1.82, 2.24) is 0 Å². The first kappa shape index (κ1) is 18.3. The van der Waals surface area contributed by atoms with E-state index in [4.69, 9.17) is 16.3 Å². The molecule has 2 amide bonds. The second kappa shape index (κ2) is 8.25. The summed E-state index contributed by atoms with van der Waals surface area (Å²) < 4.78 is 4.97. The number of carbonyl (C=O) groups is 3. The zero-order chi connectivity index (χ0) is 18.5. The number of para-hydroxylation sites is 1. The van der Waals surface area contributed by atoms with Crippen LogP contribution in [0.4, 0.5) is 11.4 Å². The molecule has 6 nitrogen and oxygen atoms in total. The number of halogens is 1.